The second-order valence-corrected chi connectivity index (χ2v) is 20.0. The minimum atomic E-state index is 1.11. The van der Waals surface area contributed by atoms with Gasteiger partial charge in [0.1, 0.15) is 0 Å². The molecule has 2 fully saturated rings. The number of fused-ring (bicyclic) bond motifs is 2. The average Bonchev–Trinajstić information content (AvgIpc) is 3.43. The van der Waals surface area contributed by atoms with Crippen LogP contribution in [0.4, 0.5) is 34.1 Å². The molecule has 0 bridgehead atoms. The largest absolute Gasteiger partial charge is 0.309 e. The molecule has 2 aliphatic carbocycles. The molecule has 0 atom stereocenters. The van der Waals surface area contributed by atoms with Crippen LogP contribution in [0.2, 0.25) is 0 Å². The molecule has 2 heteroatoms. The molecule has 0 saturated heterocycles. The Kier molecular flexibility index (Phi) is 13.9. The van der Waals surface area contributed by atoms with Crippen molar-refractivity contribution < 1.29 is 0 Å². The Hall–Kier alpha value is -7.94. The maximum absolute atomic E-state index is 2.49. The molecule has 9 aromatic carbocycles. The highest BCUT2D eigenvalue weighted by atomic mass is 15.2. The van der Waals surface area contributed by atoms with E-state index in [0.29, 0.717) is 0 Å². The zero-order valence-electron chi connectivity index (χ0n) is 41.9. The van der Waals surface area contributed by atoms with Gasteiger partial charge in [0, 0.05) is 44.3 Å². The molecule has 11 rings (SSSR count). The number of hydrogen-bond acceptors (Lipinski definition) is 2. The molecule has 0 radical (unpaired) electrons. The molecule has 0 spiro atoms. The van der Waals surface area contributed by atoms with E-state index in [1.165, 1.54) is 119 Å². The standard InChI is InChI=1S/C70H64N2/c1-51-21-25-53(26-22-51)29-31-55-33-41-61(42-34-55)71(63-45-37-59(38-46-63)49-57-13-5-3-6-14-57)69-65-17-9-11-19-67(65)70(68-20-12-10-18-66(68)69)72(64-47-39-60(40-48-64)50-58-15-7-4-8-16-58)62-43-35-56(36-44-62)32-30-54-27-23-52(2)24-28-54/h9-12,17-50H,3-8,13-16H2,1-2H3/b31-29+,32-30+. The van der Waals surface area contributed by atoms with Gasteiger partial charge in [-0.15, -0.1) is 0 Å². The molecule has 2 nitrogen and oxygen atoms in total. The van der Waals surface area contributed by atoms with Gasteiger partial charge in [-0.2, -0.15) is 0 Å². The van der Waals surface area contributed by atoms with Gasteiger partial charge < -0.3 is 9.80 Å². The SMILES string of the molecule is Cc1ccc(/C=C/c2ccc(N(c3ccc(C=C4CCCCC4)cc3)c3c4ccccc4c(N(c4ccc(C=C5CCCCC5)cc4)c4ccc(/C=C/c5ccc(C)cc5)cc4)c4ccccc34)cc2)cc1. The van der Waals surface area contributed by atoms with Gasteiger partial charge in [0.25, 0.3) is 0 Å². The number of nitrogens with zero attached hydrogens (tertiary/aromatic N) is 2. The second-order valence-electron chi connectivity index (χ2n) is 20.0. The van der Waals surface area contributed by atoms with Gasteiger partial charge >= 0.3 is 0 Å². The molecule has 2 saturated carbocycles. The zero-order valence-corrected chi connectivity index (χ0v) is 41.9. The maximum Gasteiger partial charge on any atom is 0.0619 e. The van der Waals surface area contributed by atoms with E-state index in [1.54, 1.807) is 11.1 Å². The molecule has 9 aromatic rings. The summed E-state index contributed by atoms with van der Waals surface area (Å²) >= 11 is 0. The summed E-state index contributed by atoms with van der Waals surface area (Å²) in [7, 11) is 0. The van der Waals surface area contributed by atoms with Crippen LogP contribution in [0, 0.1) is 13.8 Å². The Morgan fingerprint density at radius 1 is 0.278 bits per heavy atom. The van der Waals surface area contributed by atoms with Crippen LogP contribution in [0.15, 0.2) is 205 Å². The van der Waals surface area contributed by atoms with Crippen molar-refractivity contribution in [1.82, 2.24) is 0 Å². The summed E-state index contributed by atoms with van der Waals surface area (Å²) in [6.07, 6.45) is 26.4. The van der Waals surface area contributed by atoms with Gasteiger partial charge in [0.15, 0.2) is 0 Å². The normalized spacial score (nSPS) is 14.1. The van der Waals surface area contributed by atoms with Crippen LogP contribution in [0.1, 0.15) is 109 Å². The first-order valence-electron chi connectivity index (χ1n) is 26.3. The maximum atomic E-state index is 2.49. The molecule has 0 amide bonds. The number of rotatable bonds is 12. The third-order valence-corrected chi connectivity index (χ3v) is 14.8. The van der Waals surface area contributed by atoms with E-state index >= 15 is 0 Å². The first-order chi connectivity index (χ1) is 35.5. The molecule has 0 N–H and O–H groups in total. The Balaban J connectivity index is 1.06. The van der Waals surface area contributed by atoms with E-state index in [1.807, 2.05) is 0 Å². The topological polar surface area (TPSA) is 6.48 Å². The van der Waals surface area contributed by atoms with Crippen LogP contribution >= 0.6 is 0 Å². The van der Waals surface area contributed by atoms with E-state index in [4.69, 9.17) is 0 Å². The van der Waals surface area contributed by atoms with E-state index in [0.717, 1.165) is 45.3 Å². The predicted octanol–water partition coefficient (Wildman–Crippen LogP) is 20.6. The summed E-state index contributed by atoms with van der Waals surface area (Å²) in [5.41, 5.74) is 19.7. The second kappa shape index (κ2) is 21.6. The van der Waals surface area contributed by atoms with Crippen LogP contribution in [0.25, 0.3) is 58.0 Å². The Bertz CT molecular complexity index is 3120. The van der Waals surface area contributed by atoms with E-state index < -0.39 is 0 Å². The zero-order chi connectivity index (χ0) is 48.6. The summed E-state index contributed by atoms with van der Waals surface area (Å²) in [5.74, 6) is 0. The lowest BCUT2D eigenvalue weighted by Crippen LogP contribution is -2.14. The van der Waals surface area contributed by atoms with Gasteiger partial charge in [-0.1, -0.05) is 217 Å². The summed E-state index contributed by atoms with van der Waals surface area (Å²) in [6, 6.07) is 72.2. The number of allylic oxidation sites excluding steroid dienone is 2. The van der Waals surface area contributed by atoms with Gasteiger partial charge in [-0.25, -0.2) is 0 Å². The minimum absolute atomic E-state index is 1.11. The highest BCUT2D eigenvalue weighted by Gasteiger charge is 2.25. The summed E-state index contributed by atoms with van der Waals surface area (Å²) in [6.45, 7) is 4.27. The summed E-state index contributed by atoms with van der Waals surface area (Å²) < 4.78 is 0. The molecule has 354 valence electrons. The van der Waals surface area contributed by atoms with Crippen molar-refractivity contribution in [3.05, 3.63) is 250 Å². The lowest BCUT2D eigenvalue weighted by atomic mass is 9.93. The van der Waals surface area contributed by atoms with E-state index in [-0.39, 0.29) is 0 Å². The van der Waals surface area contributed by atoms with Crippen LogP contribution in [0.3, 0.4) is 0 Å². The van der Waals surface area contributed by atoms with Crippen molar-refractivity contribution in [2.75, 3.05) is 9.80 Å². The van der Waals surface area contributed by atoms with Crippen molar-refractivity contribution >= 4 is 92.1 Å². The molecule has 0 heterocycles. The third kappa shape index (κ3) is 10.6. The number of aryl methyl sites for hydroxylation is 2. The summed E-state index contributed by atoms with van der Waals surface area (Å²) in [5, 5.41) is 4.74. The first kappa shape index (κ1) is 46.4. The Morgan fingerprint density at radius 3 is 0.806 bits per heavy atom. The smallest absolute Gasteiger partial charge is 0.0619 e. The first-order valence-corrected chi connectivity index (χ1v) is 26.3. The molecule has 0 aromatic heterocycles. The lowest BCUT2D eigenvalue weighted by Gasteiger charge is -2.33. The van der Waals surface area contributed by atoms with Gasteiger partial charge in [-0.3, -0.25) is 0 Å². The number of hydrogen-bond donors (Lipinski definition) is 0. The molecule has 0 unspecified atom stereocenters. The monoisotopic (exact) mass is 933 g/mol. The van der Waals surface area contributed by atoms with Gasteiger partial charge in [0.05, 0.1) is 11.4 Å². The lowest BCUT2D eigenvalue weighted by molar-refractivity contribution is 0.602. The predicted molar refractivity (Wildman–Crippen MR) is 313 cm³/mol. The molecule has 72 heavy (non-hydrogen) atoms. The van der Waals surface area contributed by atoms with Gasteiger partial charge in [-0.05, 0) is 147 Å². The van der Waals surface area contributed by atoms with Crippen LogP contribution < -0.4 is 9.80 Å². The molecular formula is C70H64N2. The highest BCUT2D eigenvalue weighted by Crippen LogP contribution is 2.51. The van der Waals surface area contributed by atoms with Gasteiger partial charge in [0.2, 0.25) is 0 Å². The highest BCUT2D eigenvalue weighted by molar-refractivity contribution is 6.23. The van der Waals surface area contributed by atoms with Crippen LogP contribution in [-0.2, 0) is 0 Å². The number of anilines is 6. The molecule has 2 aliphatic rings. The third-order valence-electron chi connectivity index (χ3n) is 14.8. The van der Waals surface area contributed by atoms with Crippen molar-refractivity contribution in [1.29, 1.82) is 0 Å². The average molecular weight is 933 g/mol. The van der Waals surface area contributed by atoms with Crippen molar-refractivity contribution in [2.24, 2.45) is 0 Å². The van der Waals surface area contributed by atoms with E-state index in [9.17, 15) is 0 Å². The quantitative estimate of drug-likeness (QED) is 0.0684. The molecule has 0 aliphatic heterocycles. The Labute approximate surface area is 427 Å². The van der Waals surface area contributed by atoms with Crippen LogP contribution in [-0.4, -0.2) is 0 Å². The van der Waals surface area contributed by atoms with Crippen molar-refractivity contribution in [3.8, 4) is 0 Å². The van der Waals surface area contributed by atoms with Crippen LogP contribution in [0.5, 0.6) is 0 Å². The van der Waals surface area contributed by atoms with E-state index in [2.05, 4.69) is 254 Å². The fraction of sp³-hybridized carbons (Fsp3) is 0.171. The Morgan fingerprint density at radius 2 is 0.528 bits per heavy atom. The number of benzene rings is 9. The fourth-order valence-corrected chi connectivity index (χ4v) is 10.8. The summed E-state index contributed by atoms with van der Waals surface area (Å²) in [4.78, 5) is 4.99. The molecular weight excluding hydrogens is 869 g/mol. The fourth-order valence-electron chi connectivity index (χ4n) is 10.8. The van der Waals surface area contributed by atoms with Crippen molar-refractivity contribution in [3.63, 3.8) is 0 Å². The minimum Gasteiger partial charge on any atom is -0.309 e. The van der Waals surface area contributed by atoms with Crippen molar-refractivity contribution in [2.45, 2.75) is 78.1 Å².